The van der Waals surface area contributed by atoms with E-state index in [1.807, 2.05) is 0 Å². The van der Waals surface area contributed by atoms with Crippen LogP contribution in [0.3, 0.4) is 0 Å². The van der Waals surface area contributed by atoms with Crippen LogP contribution in [0.2, 0.25) is 0 Å². The summed E-state index contributed by atoms with van der Waals surface area (Å²) in [5, 5.41) is 12.3. The van der Waals surface area contributed by atoms with E-state index in [4.69, 9.17) is 9.66 Å². The molecule has 0 amide bonds. The number of rotatable bonds is 4. The van der Waals surface area contributed by atoms with Gasteiger partial charge in [0.2, 0.25) is 10.0 Å². The second-order valence-corrected chi connectivity index (χ2v) is 7.47. The summed E-state index contributed by atoms with van der Waals surface area (Å²) in [5.74, 6) is -0.312. The average molecular weight is 335 g/mol. The Kier molecular flexibility index (Phi) is 3.55. The Morgan fingerprint density at radius 2 is 1.90 bits per heavy atom. The fraction of sp³-hybridized carbons (Fsp3) is 0.333. The highest BCUT2D eigenvalue weighted by Crippen LogP contribution is 2.24. The summed E-state index contributed by atoms with van der Waals surface area (Å²) in [6.45, 7) is 2.87. The molecule has 2 heterocycles. The van der Waals surface area contributed by atoms with E-state index in [1.54, 1.807) is 0 Å². The molecule has 116 valence electrons. The van der Waals surface area contributed by atoms with E-state index in [0.29, 0.717) is 0 Å². The third-order valence-electron chi connectivity index (χ3n) is 2.57. The SMILES string of the molecule is Cc1noc(C)c1S(=O)(=O)Nc1nn(C)cc1S(N)(=O)=O. The van der Waals surface area contributed by atoms with Gasteiger partial charge in [-0.15, -0.1) is 0 Å². The smallest absolute Gasteiger partial charge is 0.268 e. The molecular weight excluding hydrogens is 322 g/mol. The van der Waals surface area contributed by atoms with Crippen molar-refractivity contribution < 1.29 is 21.4 Å². The van der Waals surface area contributed by atoms with Crippen LogP contribution >= 0.6 is 0 Å². The Labute approximate surface area is 121 Å². The van der Waals surface area contributed by atoms with Crippen LogP contribution in [-0.4, -0.2) is 31.8 Å². The number of hydrogen-bond donors (Lipinski definition) is 2. The Bertz CT molecular complexity index is 874. The molecule has 0 saturated heterocycles. The van der Waals surface area contributed by atoms with Crippen LogP contribution in [0.25, 0.3) is 0 Å². The van der Waals surface area contributed by atoms with E-state index in [1.165, 1.54) is 20.9 Å². The van der Waals surface area contributed by atoms with Gasteiger partial charge in [-0.05, 0) is 13.8 Å². The van der Waals surface area contributed by atoms with Gasteiger partial charge in [-0.1, -0.05) is 5.16 Å². The molecular formula is C9H13N5O5S2. The zero-order chi connectivity index (χ0) is 16.0. The Hall–Kier alpha value is -1.92. The minimum atomic E-state index is -4.12. The van der Waals surface area contributed by atoms with Crippen LogP contribution in [0.1, 0.15) is 11.5 Å². The maximum atomic E-state index is 12.3. The second-order valence-electron chi connectivity index (χ2n) is 4.32. The number of nitrogens with one attached hydrogen (secondary N) is 1. The molecule has 21 heavy (non-hydrogen) atoms. The van der Waals surface area contributed by atoms with E-state index in [0.717, 1.165) is 10.9 Å². The van der Waals surface area contributed by atoms with Gasteiger partial charge in [0, 0.05) is 13.2 Å². The van der Waals surface area contributed by atoms with Gasteiger partial charge in [0.1, 0.15) is 10.6 Å². The third-order valence-corrected chi connectivity index (χ3v) is 5.06. The topological polar surface area (TPSA) is 150 Å². The normalized spacial score (nSPS) is 12.6. The van der Waals surface area contributed by atoms with Gasteiger partial charge >= 0.3 is 0 Å². The lowest BCUT2D eigenvalue weighted by Gasteiger charge is -2.06. The molecule has 3 N–H and O–H groups in total. The van der Waals surface area contributed by atoms with Crippen molar-refractivity contribution in [1.29, 1.82) is 0 Å². The van der Waals surface area contributed by atoms with Crippen molar-refractivity contribution in [2.45, 2.75) is 23.6 Å². The third kappa shape index (κ3) is 2.91. The molecule has 0 fully saturated rings. The number of hydrogen-bond acceptors (Lipinski definition) is 7. The summed E-state index contributed by atoms with van der Waals surface area (Å²) in [5.41, 5.74) is 0.146. The highest BCUT2D eigenvalue weighted by molar-refractivity contribution is 7.93. The van der Waals surface area contributed by atoms with E-state index in [-0.39, 0.29) is 22.2 Å². The van der Waals surface area contributed by atoms with Crippen molar-refractivity contribution in [1.82, 2.24) is 14.9 Å². The van der Waals surface area contributed by atoms with Crippen LogP contribution in [0.4, 0.5) is 5.82 Å². The highest BCUT2D eigenvalue weighted by atomic mass is 32.2. The summed E-state index contributed by atoms with van der Waals surface area (Å²) in [6, 6.07) is 0. The van der Waals surface area contributed by atoms with Crippen LogP contribution in [0, 0.1) is 13.8 Å². The molecule has 2 rings (SSSR count). The van der Waals surface area contributed by atoms with Gasteiger partial charge in [0.25, 0.3) is 10.0 Å². The van der Waals surface area contributed by atoms with Crippen LogP contribution < -0.4 is 9.86 Å². The zero-order valence-corrected chi connectivity index (χ0v) is 13.0. The van der Waals surface area contributed by atoms with E-state index < -0.39 is 24.9 Å². The maximum absolute atomic E-state index is 12.3. The van der Waals surface area contributed by atoms with Crippen LogP contribution in [-0.2, 0) is 27.1 Å². The average Bonchev–Trinajstić information content (AvgIpc) is 2.81. The lowest BCUT2D eigenvalue weighted by molar-refractivity contribution is 0.390. The zero-order valence-electron chi connectivity index (χ0n) is 11.4. The number of nitrogens with two attached hydrogens (primary N) is 1. The predicted molar refractivity (Wildman–Crippen MR) is 71.4 cm³/mol. The molecule has 0 radical (unpaired) electrons. The van der Waals surface area contributed by atoms with Gasteiger partial charge in [-0.25, -0.2) is 22.0 Å². The van der Waals surface area contributed by atoms with Gasteiger partial charge in [0.15, 0.2) is 16.5 Å². The lowest BCUT2D eigenvalue weighted by Crippen LogP contribution is -2.19. The lowest BCUT2D eigenvalue weighted by atomic mass is 10.4. The summed E-state index contributed by atoms with van der Waals surface area (Å²) in [4.78, 5) is -0.603. The van der Waals surface area contributed by atoms with Crippen molar-refractivity contribution in [3.05, 3.63) is 17.7 Å². The maximum Gasteiger partial charge on any atom is 0.268 e. The molecule has 0 unspecified atom stereocenters. The number of aromatic nitrogens is 3. The van der Waals surface area contributed by atoms with Crippen molar-refractivity contribution in [3.8, 4) is 0 Å². The van der Waals surface area contributed by atoms with Crippen molar-refractivity contribution in [2.75, 3.05) is 4.72 Å². The Balaban J connectivity index is 2.53. The molecule has 2 aromatic heterocycles. The Morgan fingerprint density at radius 1 is 1.29 bits per heavy atom. The first-order valence-corrected chi connectivity index (χ1v) is 8.57. The summed E-state index contributed by atoms with van der Waals surface area (Å²) >= 11 is 0. The van der Waals surface area contributed by atoms with Crippen molar-refractivity contribution >= 4 is 25.9 Å². The summed E-state index contributed by atoms with van der Waals surface area (Å²) in [6.07, 6.45) is 1.10. The number of aryl methyl sites for hydroxylation is 3. The fourth-order valence-electron chi connectivity index (χ4n) is 1.78. The minimum Gasteiger partial charge on any atom is -0.360 e. The molecule has 0 aliphatic rings. The molecule has 0 spiro atoms. The van der Waals surface area contributed by atoms with E-state index in [9.17, 15) is 16.8 Å². The Morgan fingerprint density at radius 3 is 2.38 bits per heavy atom. The number of anilines is 1. The second kappa shape index (κ2) is 4.82. The molecule has 12 heteroatoms. The fourth-order valence-corrected chi connectivity index (χ4v) is 3.86. The first kappa shape index (κ1) is 15.5. The van der Waals surface area contributed by atoms with Crippen LogP contribution in [0.15, 0.2) is 20.5 Å². The number of nitrogens with zero attached hydrogens (tertiary/aromatic N) is 3. The molecule has 0 bridgehead atoms. The molecule has 0 aliphatic carbocycles. The highest BCUT2D eigenvalue weighted by Gasteiger charge is 2.28. The van der Waals surface area contributed by atoms with Crippen molar-refractivity contribution in [2.24, 2.45) is 12.2 Å². The van der Waals surface area contributed by atoms with E-state index >= 15 is 0 Å². The number of sulfonamides is 2. The van der Waals surface area contributed by atoms with E-state index in [2.05, 4.69) is 15.0 Å². The molecule has 0 atom stereocenters. The molecule has 2 aromatic rings. The standard InChI is InChI=1S/C9H13N5O5S2/c1-5-8(6(2)19-12-5)21(17,18)13-9-7(20(10,15)16)4-14(3)11-9/h4H,1-3H3,(H,11,13)(H2,10,15,16). The first-order chi connectivity index (χ1) is 9.52. The molecule has 0 aromatic carbocycles. The van der Waals surface area contributed by atoms with Gasteiger partial charge in [0.05, 0.1) is 0 Å². The van der Waals surface area contributed by atoms with Gasteiger partial charge < -0.3 is 4.52 Å². The minimum absolute atomic E-state index is 0.0769. The summed E-state index contributed by atoms with van der Waals surface area (Å²) in [7, 11) is -6.79. The predicted octanol–water partition coefficient (Wildman–Crippen LogP) is -0.527. The van der Waals surface area contributed by atoms with Crippen molar-refractivity contribution in [3.63, 3.8) is 0 Å². The first-order valence-electron chi connectivity index (χ1n) is 5.54. The molecule has 0 saturated carbocycles. The van der Waals surface area contributed by atoms with Gasteiger partial charge in [-0.2, -0.15) is 5.10 Å². The molecule has 10 nitrogen and oxygen atoms in total. The monoisotopic (exact) mass is 335 g/mol. The number of primary sulfonamides is 1. The van der Waals surface area contributed by atoms with Gasteiger partial charge in [-0.3, -0.25) is 9.40 Å². The quantitative estimate of drug-likeness (QED) is 0.762. The molecule has 0 aliphatic heterocycles. The van der Waals surface area contributed by atoms with Crippen LogP contribution in [0.5, 0.6) is 0 Å². The largest absolute Gasteiger partial charge is 0.360 e. The summed E-state index contributed by atoms with van der Waals surface area (Å²) < 4.78 is 55.5.